The Morgan fingerprint density at radius 3 is 2.68 bits per heavy atom. The minimum Gasteiger partial charge on any atom is -0.0622 e. The number of hydrogen-bond acceptors (Lipinski definition) is 0. The fourth-order valence-corrected chi connectivity index (χ4v) is 3.99. The van der Waals surface area contributed by atoms with Crippen molar-refractivity contribution in [3.8, 4) is 0 Å². The molecule has 0 heterocycles. The summed E-state index contributed by atoms with van der Waals surface area (Å²) in [5.41, 5.74) is 4.87. The standard InChI is InChI=1S/C19H28/c1-15-7-11-19-14-17(10-12-18(19)13-15)9-8-16-5-3-2-4-6-16/h10,12,14-16H,2-9,11,13H2,1H3. The molecule has 1 fully saturated rings. The molecular weight excluding hydrogens is 228 g/mol. The molecule has 0 spiro atoms. The molecule has 1 saturated carbocycles. The molecule has 0 radical (unpaired) electrons. The summed E-state index contributed by atoms with van der Waals surface area (Å²) in [6.07, 6.45) is 14.2. The van der Waals surface area contributed by atoms with Crippen LogP contribution in [0.15, 0.2) is 18.2 Å². The summed E-state index contributed by atoms with van der Waals surface area (Å²) in [6.45, 7) is 2.39. The van der Waals surface area contributed by atoms with E-state index in [0.717, 1.165) is 11.8 Å². The van der Waals surface area contributed by atoms with Gasteiger partial charge in [-0.25, -0.2) is 0 Å². The van der Waals surface area contributed by atoms with Crippen LogP contribution >= 0.6 is 0 Å². The summed E-state index contributed by atoms with van der Waals surface area (Å²) in [7, 11) is 0. The van der Waals surface area contributed by atoms with Crippen LogP contribution in [-0.4, -0.2) is 0 Å². The molecule has 0 aromatic heterocycles. The molecule has 2 aliphatic rings. The highest BCUT2D eigenvalue weighted by Gasteiger charge is 2.16. The van der Waals surface area contributed by atoms with Crippen molar-refractivity contribution in [3.63, 3.8) is 0 Å². The Hall–Kier alpha value is -0.780. The third kappa shape index (κ3) is 3.41. The Morgan fingerprint density at radius 1 is 1.00 bits per heavy atom. The summed E-state index contributed by atoms with van der Waals surface area (Å²) >= 11 is 0. The molecule has 0 N–H and O–H groups in total. The average molecular weight is 256 g/mol. The molecule has 1 aromatic carbocycles. The number of fused-ring (bicyclic) bond motifs is 1. The Kier molecular flexibility index (Phi) is 4.25. The molecule has 2 aliphatic carbocycles. The van der Waals surface area contributed by atoms with Crippen LogP contribution in [0.25, 0.3) is 0 Å². The lowest BCUT2D eigenvalue weighted by atomic mass is 9.82. The van der Waals surface area contributed by atoms with E-state index in [1.807, 2.05) is 0 Å². The van der Waals surface area contributed by atoms with Gasteiger partial charge in [0.25, 0.3) is 0 Å². The van der Waals surface area contributed by atoms with Crippen molar-refractivity contribution < 1.29 is 0 Å². The maximum absolute atomic E-state index is 2.52. The lowest BCUT2D eigenvalue weighted by Crippen LogP contribution is -2.12. The summed E-state index contributed by atoms with van der Waals surface area (Å²) in [6, 6.07) is 7.34. The first-order valence-corrected chi connectivity index (χ1v) is 8.42. The van der Waals surface area contributed by atoms with Crippen LogP contribution < -0.4 is 0 Å². The minimum absolute atomic E-state index is 0.889. The van der Waals surface area contributed by atoms with E-state index in [-0.39, 0.29) is 0 Å². The molecule has 1 unspecified atom stereocenters. The van der Waals surface area contributed by atoms with Crippen LogP contribution in [0.2, 0.25) is 0 Å². The van der Waals surface area contributed by atoms with Gasteiger partial charge in [-0.05, 0) is 60.6 Å². The Balaban J connectivity index is 1.59. The normalized spacial score (nSPS) is 24.2. The fourth-order valence-electron chi connectivity index (χ4n) is 3.99. The molecule has 3 rings (SSSR count). The largest absolute Gasteiger partial charge is 0.0622 e. The molecule has 0 heteroatoms. The van der Waals surface area contributed by atoms with Gasteiger partial charge in [0.05, 0.1) is 0 Å². The van der Waals surface area contributed by atoms with E-state index in [2.05, 4.69) is 25.1 Å². The van der Waals surface area contributed by atoms with Crippen LogP contribution in [0, 0.1) is 11.8 Å². The van der Waals surface area contributed by atoms with Crippen LogP contribution in [0.3, 0.4) is 0 Å². The average Bonchev–Trinajstić information content (AvgIpc) is 2.46. The van der Waals surface area contributed by atoms with Crippen molar-refractivity contribution >= 4 is 0 Å². The third-order valence-corrected chi connectivity index (χ3v) is 5.31. The highest BCUT2D eigenvalue weighted by atomic mass is 14.2. The van der Waals surface area contributed by atoms with E-state index in [4.69, 9.17) is 0 Å². The Bertz CT molecular complexity index is 412. The van der Waals surface area contributed by atoms with Gasteiger partial charge >= 0.3 is 0 Å². The first kappa shape index (κ1) is 13.2. The summed E-state index contributed by atoms with van der Waals surface area (Å²) < 4.78 is 0. The number of rotatable bonds is 3. The highest BCUT2D eigenvalue weighted by Crippen LogP contribution is 2.29. The summed E-state index contributed by atoms with van der Waals surface area (Å²) in [4.78, 5) is 0. The van der Waals surface area contributed by atoms with E-state index >= 15 is 0 Å². The third-order valence-electron chi connectivity index (χ3n) is 5.31. The van der Waals surface area contributed by atoms with Crippen molar-refractivity contribution in [2.75, 3.05) is 0 Å². The Labute approximate surface area is 118 Å². The molecule has 104 valence electrons. The predicted molar refractivity (Wildman–Crippen MR) is 82.5 cm³/mol. The van der Waals surface area contributed by atoms with Crippen LogP contribution in [0.5, 0.6) is 0 Å². The van der Waals surface area contributed by atoms with Crippen LogP contribution in [-0.2, 0) is 19.3 Å². The zero-order valence-electron chi connectivity index (χ0n) is 12.5. The van der Waals surface area contributed by atoms with E-state index in [0.29, 0.717) is 0 Å². The summed E-state index contributed by atoms with van der Waals surface area (Å²) in [5.74, 6) is 1.91. The number of benzene rings is 1. The van der Waals surface area contributed by atoms with Crippen molar-refractivity contribution in [2.24, 2.45) is 11.8 Å². The highest BCUT2D eigenvalue weighted by molar-refractivity contribution is 5.34. The van der Waals surface area contributed by atoms with Gasteiger partial charge in [0.15, 0.2) is 0 Å². The van der Waals surface area contributed by atoms with Gasteiger partial charge in [0.2, 0.25) is 0 Å². The van der Waals surface area contributed by atoms with Crippen LogP contribution in [0.1, 0.15) is 68.6 Å². The van der Waals surface area contributed by atoms with Gasteiger partial charge < -0.3 is 0 Å². The van der Waals surface area contributed by atoms with Crippen molar-refractivity contribution in [3.05, 3.63) is 34.9 Å². The smallest absolute Gasteiger partial charge is 0.0250 e. The molecule has 0 nitrogen and oxygen atoms in total. The second-order valence-corrected chi connectivity index (χ2v) is 6.99. The molecule has 1 atom stereocenters. The van der Waals surface area contributed by atoms with Gasteiger partial charge in [-0.1, -0.05) is 57.2 Å². The monoisotopic (exact) mass is 256 g/mol. The predicted octanol–water partition coefficient (Wildman–Crippen LogP) is 5.32. The lowest BCUT2D eigenvalue weighted by molar-refractivity contribution is 0.339. The number of hydrogen-bond donors (Lipinski definition) is 0. The van der Waals surface area contributed by atoms with Crippen molar-refractivity contribution in [2.45, 2.75) is 71.1 Å². The van der Waals surface area contributed by atoms with E-state index in [1.54, 1.807) is 16.7 Å². The molecule has 1 aromatic rings. The van der Waals surface area contributed by atoms with E-state index < -0.39 is 0 Å². The lowest BCUT2D eigenvalue weighted by Gasteiger charge is -2.23. The van der Waals surface area contributed by atoms with Gasteiger partial charge in [-0.3, -0.25) is 0 Å². The zero-order chi connectivity index (χ0) is 13.1. The first-order valence-electron chi connectivity index (χ1n) is 8.42. The fraction of sp³-hybridized carbons (Fsp3) is 0.684. The molecular formula is C19H28. The molecule has 0 aliphatic heterocycles. The van der Waals surface area contributed by atoms with Gasteiger partial charge in [0.1, 0.15) is 0 Å². The summed E-state index contributed by atoms with van der Waals surface area (Å²) in [5, 5.41) is 0. The molecule has 0 bridgehead atoms. The quantitative estimate of drug-likeness (QED) is 0.686. The molecule has 0 saturated heterocycles. The molecule has 0 amide bonds. The Morgan fingerprint density at radius 2 is 1.84 bits per heavy atom. The maximum atomic E-state index is 2.52. The maximum Gasteiger partial charge on any atom is -0.0250 e. The minimum atomic E-state index is 0.889. The van der Waals surface area contributed by atoms with E-state index in [1.165, 1.54) is 64.2 Å². The topological polar surface area (TPSA) is 0 Å². The number of aryl methyl sites for hydroxylation is 2. The van der Waals surface area contributed by atoms with Gasteiger partial charge in [-0.15, -0.1) is 0 Å². The van der Waals surface area contributed by atoms with E-state index in [9.17, 15) is 0 Å². The van der Waals surface area contributed by atoms with Gasteiger partial charge in [0, 0.05) is 0 Å². The zero-order valence-corrected chi connectivity index (χ0v) is 12.5. The van der Waals surface area contributed by atoms with Crippen LogP contribution in [0.4, 0.5) is 0 Å². The second-order valence-electron chi connectivity index (χ2n) is 6.99. The molecule has 19 heavy (non-hydrogen) atoms. The van der Waals surface area contributed by atoms with Crippen molar-refractivity contribution in [1.29, 1.82) is 0 Å². The first-order chi connectivity index (χ1) is 9.31. The SMILES string of the molecule is CC1CCc2cc(CCC3CCCCC3)ccc2C1. The van der Waals surface area contributed by atoms with Gasteiger partial charge in [-0.2, -0.15) is 0 Å². The second kappa shape index (κ2) is 6.11. The van der Waals surface area contributed by atoms with Crippen molar-refractivity contribution in [1.82, 2.24) is 0 Å².